The molecule has 1 aromatic carbocycles. The van der Waals surface area contributed by atoms with Gasteiger partial charge in [-0.25, -0.2) is 0 Å². The third-order valence-corrected chi connectivity index (χ3v) is 3.55. The summed E-state index contributed by atoms with van der Waals surface area (Å²) in [5, 5.41) is 15.6. The first-order valence-electron chi connectivity index (χ1n) is 6.89. The van der Waals surface area contributed by atoms with Crippen molar-refractivity contribution in [3.8, 4) is 0 Å². The van der Waals surface area contributed by atoms with E-state index in [2.05, 4.69) is 10.6 Å². The number of hydrogen-bond acceptors (Lipinski definition) is 3. The van der Waals surface area contributed by atoms with Gasteiger partial charge in [-0.15, -0.1) is 0 Å². The first-order valence-corrected chi connectivity index (χ1v) is 6.89. The van der Waals surface area contributed by atoms with Gasteiger partial charge in [-0.1, -0.05) is 12.1 Å². The van der Waals surface area contributed by atoms with Gasteiger partial charge in [-0.05, 0) is 49.4 Å². The van der Waals surface area contributed by atoms with Gasteiger partial charge in [0, 0.05) is 19.2 Å². The van der Waals surface area contributed by atoms with Crippen molar-refractivity contribution in [2.75, 3.05) is 11.9 Å². The summed E-state index contributed by atoms with van der Waals surface area (Å²) in [4.78, 5) is 10.9. The van der Waals surface area contributed by atoms with Gasteiger partial charge in [0.1, 0.15) is 0 Å². The monoisotopic (exact) mass is 262 g/mol. The third kappa shape index (κ3) is 4.65. The number of carbonyl (C=O) groups excluding carboxylic acids is 1. The van der Waals surface area contributed by atoms with Crippen LogP contribution in [0.15, 0.2) is 24.3 Å². The molecule has 2 rings (SSSR count). The third-order valence-electron chi connectivity index (χ3n) is 3.55. The zero-order valence-corrected chi connectivity index (χ0v) is 11.4. The predicted octanol–water partition coefficient (Wildman–Crippen LogP) is 1.90. The minimum absolute atomic E-state index is 0.0503. The van der Waals surface area contributed by atoms with Crippen LogP contribution in [-0.4, -0.2) is 23.7 Å². The van der Waals surface area contributed by atoms with E-state index in [1.165, 1.54) is 12.5 Å². The molecule has 0 heterocycles. The normalized spacial score (nSPS) is 22.4. The number of anilines is 1. The van der Waals surface area contributed by atoms with Gasteiger partial charge in [0.05, 0.1) is 6.10 Å². The summed E-state index contributed by atoms with van der Waals surface area (Å²) in [5.41, 5.74) is 2.03. The molecule has 0 aliphatic heterocycles. The average molecular weight is 262 g/mol. The Morgan fingerprint density at radius 3 is 2.63 bits per heavy atom. The summed E-state index contributed by atoms with van der Waals surface area (Å²) in [6.45, 7) is 3.29. The lowest BCUT2D eigenvalue weighted by atomic mass is 10.1. The second kappa shape index (κ2) is 6.68. The Balaban J connectivity index is 1.72. The maximum Gasteiger partial charge on any atom is 0.221 e. The number of hydrogen-bond donors (Lipinski definition) is 3. The second-order valence-corrected chi connectivity index (χ2v) is 5.34. The van der Waals surface area contributed by atoms with E-state index >= 15 is 0 Å². The lowest BCUT2D eigenvalue weighted by molar-refractivity contribution is -0.114. The number of aliphatic hydroxyl groups excluding tert-OH is 1. The maximum absolute atomic E-state index is 10.9. The van der Waals surface area contributed by atoms with Crippen molar-refractivity contribution in [1.29, 1.82) is 0 Å². The Bertz CT molecular complexity index is 417. The van der Waals surface area contributed by atoms with Crippen molar-refractivity contribution in [3.05, 3.63) is 29.8 Å². The van der Waals surface area contributed by atoms with Crippen molar-refractivity contribution < 1.29 is 9.90 Å². The van der Waals surface area contributed by atoms with E-state index < -0.39 is 0 Å². The van der Waals surface area contributed by atoms with Crippen LogP contribution in [0, 0.1) is 5.92 Å². The van der Waals surface area contributed by atoms with Gasteiger partial charge in [0.15, 0.2) is 0 Å². The Kier molecular flexibility index (Phi) is 4.93. The lowest BCUT2D eigenvalue weighted by Gasteiger charge is -2.11. The van der Waals surface area contributed by atoms with Crippen LogP contribution in [0.3, 0.4) is 0 Å². The average Bonchev–Trinajstić information content (AvgIpc) is 2.77. The largest absolute Gasteiger partial charge is 0.393 e. The zero-order valence-electron chi connectivity index (χ0n) is 11.4. The first-order chi connectivity index (χ1) is 9.13. The topological polar surface area (TPSA) is 61.4 Å². The second-order valence-electron chi connectivity index (χ2n) is 5.34. The quantitative estimate of drug-likeness (QED) is 0.759. The van der Waals surface area contributed by atoms with E-state index in [1.807, 2.05) is 24.3 Å². The van der Waals surface area contributed by atoms with Crippen LogP contribution < -0.4 is 10.6 Å². The zero-order chi connectivity index (χ0) is 13.7. The summed E-state index contributed by atoms with van der Waals surface area (Å²) < 4.78 is 0. The number of aliphatic hydroxyl groups is 1. The standard InChI is InChI=1S/C15H22N2O2/c1-11(18)17-14-5-2-12(3-6-14)9-16-10-13-4-7-15(19)8-13/h2-3,5-6,13,15-16,19H,4,7-10H2,1H3,(H,17,18). The SMILES string of the molecule is CC(=O)Nc1ccc(CNCC2CCC(O)C2)cc1. The fourth-order valence-corrected chi connectivity index (χ4v) is 2.56. The van der Waals surface area contributed by atoms with Crippen LogP contribution in [0.25, 0.3) is 0 Å². The van der Waals surface area contributed by atoms with Crippen LogP contribution in [-0.2, 0) is 11.3 Å². The van der Waals surface area contributed by atoms with E-state index in [0.29, 0.717) is 5.92 Å². The molecule has 0 spiro atoms. The summed E-state index contributed by atoms with van der Waals surface area (Å²) >= 11 is 0. The summed E-state index contributed by atoms with van der Waals surface area (Å²) in [7, 11) is 0. The summed E-state index contributed by atoms with van der Waals surface area (Å²) in [6, 6.07) is 7.86. The number of carbonyl (C=O) groups is 1. The number of rotatable bonds is 5. The highest BCUT2D eigenvalue weighted by Crippen LogP contribution is 2.24. The molecule has 104 valence electrons. The molecule has 1 aromatic rings. The Labute approximate surface area is 114 Å². The van der Waals surface area contributed by atoms with Crippen molar-refractivity contribution in [3.63, 3.8) is 0 Å². The molecule has 4 nitrogen and oxygen atoms in total. The van der Waals surface area contributed by atoms with Crippen LogP contribution in [0.5, 0.6) is 0 Å². The number of amides is 1. The van der Waals surface area contributed by atoms with Crippen LogP contribution in [0.2, 0.25) is 0 Å². The molecule has 3 N–H and O–H groups in total. The van der Waals surface area contributed by atoms with Gasteiger partial charge in [0.2, 0.25) is 5.91 Å². The summed E-state index contributed by atoms with van der Waals surface area (Å²) in [5.74, 6) is 0.555. The fourth-order valence-electron chi connectivity index (χ4n) is 2.56. The molecule has 4 heteroatoms. The first kappa shape index (κ1) is 14.0. The number of nitrogens with one attached hydrogen (secondary N) is 2. The van der Waals surface area contributed by atoms with Crippen molar-refractivity contribution in [1.82, 2.24) is 5.32 Å². The van der Waals surface area contributed by atoms with Gasteiger partial charge < -0.3 is 15.7 Å². The molecular formula is C15H22N2O2. The Morgan fingerprint density at radius 2 is 2.05 bits per heavy atom. The van der Waals surface area contributed by atoms with E-state index in [9.17, 15) is 9.90 Å². The summed E-state index contributed by atoms with van der Waals surface area (Å²) in [6.07, 6.45) is 2.89. The highest BCUT2D eigenvalue weighted by molar-refractivity contribution is 5.88. The highest BCUT2D eigenvalue weighted by Gasteiger charge is 2.21. The Hall–Kier alpha value is -1.39. The van der Waals surface area contributed by atoms with E-state index in [1.54, 1.807) is 0 Å². The molecule has 0 saturated heterocycles. The van der Waals surface area contributed by atoms with E-state index in [-0.39, 0.29) is 12.0 Å². The van der Waals surface area contributed by atoms with Crippen molar-refractivity contribution in [2.45, 2.75) is 38.8 Å². The highest BCUT2D eigenvalue weighted by atomic mass is 16.3. The van der Waals surface area contributed by atoms with Gasteiger partial charge in [-0.3, -0.25) is 4.79 Å². The van der Waals surface area contributed by atoms with Gasteiger partial charge in [-0.2, -0.15) is 0 Å². The Morgan fingerprint density at radius 1 is 1.32 bits per heavy atom. The molecule has 19 heavy (non-hydrogen) atoms. The molecule has 1 aliphatic carbocycles. The minimum atomic E-state index is -0.0938. The minimum Gasteiger partial charge on any atom is -0.393 e. The van der Waals surface area contributed by atoms with Crippen molar-refractivity contribution in [2.24, 2.45) is 5.92 Å². The molecule has 1 amide bonds. The lowest BCUT2D eigenvalue weighted by Crippen LogP contribution is -2.21. The molecule has 1 fully saturated rings. The molecular weight excluding hydrogens is 240 g/mol. The van der Waals surface area contributed by atoms with Crippen LogP contribution in [0.1, 0.15) is 31.7 Å². The molecule has 0 aromatic heterocycles. The molecule has 1 aliphatic rings. The van der Waals surface area contributed by atoms with Crippen molar-refractivity contribution >= 4 is 11.6 Å². The molecule has 1 saturated carbocycles. The smallest absolute Gasteiger partial charge is 0.221 e. The van der Waals surface area contributed by atoms with E-state index in [0.717, 1.165) is 38.0 Å². The fraction of sp³-hybridized carbons (Fsp3) is 0.533. The molecule has 2 atom stereocenters. The predicted molar refractivity (Wildman–Crippen MR) is 75.8 cm³/mol. The van der Waals surface area contributed by atoms with E-state index in [4.69, 9.17) is 0 Å². The van der Waals surface area contributed by atoms with Crippen LogP contribution >= 0.6 is 0 Å². The maximum atomic E-state index is 10.9. The van der Waals surface area contributed by atoms with Crippen LogP contribution in [0.4, 0.5) is 5.69 Å². The number of benzene rings is 1. The molecule has 0 radical (unpaired) electrons. The molecule has 0 bridgehead atoms. The molecule has 2 unspecified atom stereocenters. The van der Waals surface area contributed by atoms with Gasteiger partial charge in [0.25, 0.3) is 0 Å². The van der Waals surface area contributed by atoms with Gasteiger partial charge >= 0.3 is 0 Å².